The largest absolute Gasteiger partial charge is 0.398 e. The second-order valence-corrected chi connectivity index (χ2v) is 4.68. The zero-order chi connectivity index (χ0) is 11.5. The highest BCUT2D eigenvalue weighted by Gasteiger charge is 2.11. The number of hydrogen-bond donors (Lipinski definition) is 2. The van der Waals surface area contributed by atoms with Gasteiger partial charge in [0.15, 0.2) is 0 Å². The number of nitrogens with zero attached hydrogens (tertiary/aromatic N) is 2. The maximum atomic E-state index is 11.8. The zero-order valence-corrected chi connectivity index (χ0v) is 10.4. The van der Waals surface area contributed by atoms with Gasteiger partial charge in [0.1, 0.15) is 5.51 Å². The Morgan fingerprint density at radius 3 is 2.94 bits per heavy atom. The molecule has 1 heterocycles. The number of amides is 1. The summed E-state index contributed by atoms with van der Waals surface area (Å²) in [7, 11) is 0. The van der Waals surface area contributed by atoms with Gasteiger partial charge in [-0.2, -0.15) is 0 Å². The summed E-state index contributed by atoms with van der Waals surface area (Å²) in [6, 6.07) is 5.08. The van der Waals surface area contributed by atoms with Crippen molar-refractivity contribution in [1.82, 2.24) is 10.2 Å². The number of hydrogen-bond acceptors (Lipinski definition) is 5. The maximum absolute atomic E-state index is 11.8. The van der Waals surface area contributed by atoms with Crippen molar-refractivity contribution in [3.63, 3.8) is 0 Å². The SMILES string of the molecule is Nc1cc(Br)ccc1C(=O)Nc1nncs1. The minimum atomic E-state index is -0.290. The van der Waals surface area contributed by atoms with Crippen LogP contribution >= 0.6 is 27.3 Å². The lowest BCUT2D eigenvalue weighted by atomic mass is 10.2. The minimum absolute atomic E-state index is 0.290. The first-order chi connectivity index (χ1) is 7.66. The third-order valence-electron chi connectivity index (χ3n) is 1.84. The first-order valence-corrected chi connectivity index (χ1v) is 5.96. The molecule has 82 valence electrons. The average Bonchev–Trinajstić information content (AvgIpc) is 2.70. The van der Waals surface area contributed by atoms with Crippen molar-refractivity contribution in [2.45, 2.75) is 0 Å². The molecule has 0 radical (unpaired) electrons. The molecule has 0 aliphatic rings. The summed E-state index contributed by atoms with van der Waals surface area (Å²) in [4.78, 5) is 11.8. The molecule has 0 fully saturated rings. The summed E-state index contributed by atoms with van der Waals surface area (Å²) < 4.78 is 0.831. The molecule has 7 heteroatoms. The highest BCUT2D eigenvalue weighted by Crippen LogP contribution is 2.20. The van der Waals surface area contributed by atoms with Gasteiger partial charge < -0.3 is 5.73 Å². The van der Waals surface area contributed by atoms with Gasteiger partial charge >= 0.3 is 0 Å². The number of carbonyl (C=O) groups excluding carboxylic acids is 1. The fourth-order valence-electron chi connectivity index (χ4n) is 1.13. The number of halogens is 1. The van der Waals surface area contributed by atoms with Crippen LogP contribution in [0.4, 0.5) is 10.8 Å². The molecule has 16 heavy (non-hydrogen) atoms. The molecule has 3 N–H and O–H groups in total. The van der Waals surface area contributed by atoms with Gasteiger partial charge in [-0.05, 0) is 18.2 Å². The van der Waals surface area contributed by atoms with Crippen molar-refractivity contribution < 1.29 is 4.79 Å². The Balaban J connectivity index is 2.21. The summed E-state index contributed by atoms with van der Waals surface area (Å²) in [6.45, 7) is 0. The first kappa shape index (κ1) is 11.0. The smallest absolute Gasteiger partial charge is 0.259 e. The predicted molar refractivity (Wildman–Crippen MR) is 66.4 cm³/mol. The molecule has 5 nitrogen and oxygen atoms in total. The second-order valence-electron chi connectivity index (χ2n) is 2.93. The Kier molecular flexibility index (Phi) is 3.16. The standard InChI is InChI=1S/C9H7BrN4OS/c10-5-1-2-6(7(11)3-5)8(15)13-9-14-12-4-16-9/h1-4H,11H2,(H,13,14,15). The molecule has 0 saturated carbocycles. The molecule has 0 unspecified atom stereocenters. The van der Waals surface area contributed by atoms with Crippen LogP contribution in [0, 0.1) is 0 Å². The van der Waals surface area contributed by atoms with Crippen LogP contribution in [0.3, 0.4) is 0 Å². The van der Waals surface area contributed by atoms with Crippen LogP contribution < -0.4 is 11.1 Å². The first-order valence-electron chi connectivity index (χ1n) is 4.29. The van der Waals surface area contributed by atoms with Gasteiger partial charge in [-0.3, -0.25) is 10.1 Å². The van der Waals surface area contributed by atoms with Crippen LogP contribution in [0.25, 0.3) is 0 Å². The molecule has 0 aliphatic heterocycles. The van der Waals surface area contributed by atoms with Gasteiger partial charge in [0.05, 0.1) is 5.56 Å². The number of nitrogen functional groups attached to an aromatic ring is 1. The molecule has 0 spiro atoms. The van der Waals surface area contributed by atoms with E-state index in [9.17, 15) is 4.79 Å². The van der Waals surface area contributed by atoms with Gasteiger partial charge in [0.25, 0.3) is 5.91 Å². The Morgan fingerprint density at radius 1 is 1.50 bits per heavy atom. The predicted octanol–water partition coefficient (Wildman–Crippen LogP) is 2.14. The summed E-state index contributed by atoms with van der Waals surface area (Å²) in [5.41, 5.74) is 8.10. The Labute approximate surface area is 104 Å². The number of nitrogens with one attached hydrogen (secondary N) is 1. The van der Waals surface area contributed by atoms with Crippen LogP contribution in [0.15, 0.2) is 28.2 Å². The van der Waals surface area contributed by atoms with Crippen LogP contribution in [0.1, 0.15) is 10.4 Å². The van der Waals surface area contributed by atoms with Crippen molar-refractivity contribution >= 4 is 44.0 Å². The van der Waals surface area contributed by atoms with Gasteiger partial charge in [0, 0.05) is 10.2 Å². The van der Waals surface area contributed by atoms with Gasteiger partial charge in [-0.25, -0.2) is 0 Å². The third kappa shape index (κ3) is 2.37. The van der Waals surface area contributed by atoms with Crippen molar-refractivity contribution in [3.8, 4) is 0 Å². The molecule has 1 aromatic carbocycles. The molecule has 0 bridgehead atoms. The van der Waals surface area contributed by atoms with E-state index in [1.54, 1.807) is 23.7 Å². The van der Waals surface area contributed by atoms with Crippen LogP contribution in [0.5, 0.6) is 0 Å². The lowest BCUT2D eigenvalue weighted by Crippen LogP contribution is -2.13. The van der Waals surface area contributed by atoms with Gasteiger partial charge in [-0.15, -0.1) is 10.2 Å². The number of rotatable bonds is 2. The van der Waals surface area contributed by atoms with Crippen LogP contribution in [-0.2, 0) is 0 Å². The van der Waals surface area contributed by atoms with E-state index in [0.29, 0.717) is 16.4 Å². The molecular weight excluding hydrogens is 292 g/mol. The van der Waals surface area contributed by atoms with E-state index < -0.39 is 0 Å². The Morgan fingerprint density at radius 2 is 2.31 bits per heavy atom. The summed E-state index contributed by atoms with van der Waals surface area (Å²) in [5, 5.41) is 10.4. The Bertz CT molecular complexity index is 514. The van der Waals surface area contributed by atoms with E-state index in [2.05, 4.69) is 31.4 Å². The van der Waals surface area contributed by atoms with Gasteiger partial charge in [0.2, 0.25) is 5.13 Å². The fourth-order valence-corrected chi connectivity index (χ4v) is 1.95. The lowest BCUT2D eigenvalue weighted by Gasteiger charge is -2.04. The van der Waals surface area contributed by atoms with Crippen molar-refractivity contribution in [2.75, 3.05) is 11.1 Å². The van der Waals surface area contributed by atoms with E-state index in [0.717, 1.165) is 4.47 Å². The van der Waals surface area contributed by atoms with E-state index in [-0.39, 0.29) is 5.91 Å². The topological polar surface area (TPSA) is 80.9 Å². The monoisotopic (exact) mass is 298 g/mol. The number of nitrogens with two attached hydrogens (primary N) is 1. The van der Waals surface area contributed by atoms with Crippen molar-refractivity contribution in [2.24, 2.45) is 0 Å². The number of aromatic nitrogens is 2. The fraction of sp³-hybridized carbons (Fsp3) is 0. The van der Waals surface area contributed by atoms with E-state index in [1.807, 2.05) is 0 Å². The lowest BCUT2D eigenvalue weighted by molar-refractivity contribution is 0.102. The van der Waals surface area contributed by atoms with E-state index in [1.165, 1.54) is 11.3 Å². The molecule has 0 atom stereocenters. The molecule has 1 amide bonds. The molecule has 0 aliphatic carbocycles. The molecule has 2 rings (SSSR count). The summed E-state index contributed by atoms with van der Waals surface area (Å²) in [5.74, 6) is -0.290. The van der Waals surface area contributed by atoms with E-state index in [4.69, 9.17) is 5.73 Å². The molecular formula is C9H7BrN4OS. The third-order valence-corrected chi connectivity index (χ3v) is 2.94. The quantitative estimate of drug-likeness (QED) is 0.832. The normalized spacial score (nSPS) is 10.1. The Hall–Kier alpha value is -1.47. The molecule has 0 saturated heterocycles. The average molecular weight is 299 g/mol. The van der Waals surface area contributed by atoms with E-state index >= 15 is 0 Å². The number of carbonyl (C=O) groups is 1. The highest BCUT2D eigenvalue weighted by atomic mass is 79.9. The van der Waals surface area contributed by atoms with Crippen LogP contribution in [0.2, 0.25) is 0 Å². The highest BCUT2D eigenvalue weighted by molar-refractivity contribution is 9.10. The summed E-state index contributed by atoms with van der Waals surface area (Å²) >= 11 is 4.52. The van der Waals surface area contributed by atoms with Crippen LogP contribution in [-0.4, -0.2) is 16.1 Å². The zero-order valence-electron chi connectivity index (χ0n) is 7.98. The minimum Gasteiger partial charge on any atom is -0.398 e. The second kappa shape index (κ2) is 4.58. The number of anilines is 2. The maximum Gasteiger partial charge on any atom is 0.259 e. The van der Waals surface area contributed by atoms with Crippen molar-refractivity contribution in [3.05, 3.63) is 33.7 Å². The van der Waals surface area contributed by atoms with Crippen molar-refractivity contribution in [1.29, 1.82) is 0 Å². The summed E-state index contributed by atoms with van der Waals surface area (Å²) in [6.07, 6.45) is 0. The molecule has 1 aromatic heterocycles. The van der Waals surface area contributed by atoms with Gasteiger partial charge in [-0.1, -0.05) is 27.3 Å². The molecule has 2 aromatic rings. The number of benzene rings is 1.